The van der Waals surface area contributed by atoms with Crippen molar-refractivity contribution < 1.29 is 14.3 Å². The molecule has 2 aromatic carbocycles. The molecular weight excluding hydrogens is 494 g/mol. The molecule has 0 bridgehead atoms. The quantitative estimate of drug-likeness (QED) is 0.397. The molecule has 1 aliphatic heterocycles. The van der Waals surface area contributed by atoms with Crippen molar-refractivity contribution in [1.29, 1.82) is 0 Å². The number of nitrogens with one attached hydrogen (secondary N) is 1. The van der Waals surface area contributed by atoms with E-state index in [2.05, 4.69) is 16.8 Å². The number of halogens is 1. The van der Waals surface area contributed by atoms with Crippen molar-refractivity contribution in [2.75, 3.05) is 25.0 Å². The topological polar surface area (TPSA) is 61.9 Å². The standard InChI is InChI=1S/C28H32ClN3O3S/c1-19-5-9-21(10-6-19)30-27(34)32(28(2,3)4)17-26(33)31-15-13-25-23(14-16-36-25)24(31)18-35-22-11-7-20(29)8-12-22/h5-12,14,16,24H,13,15,17-18H2,1-4H3,(H,30,34)/t24-/m0/s1. The predicted octanol–water partition coefficient (Wildman–Crippen LogP) is 6.55. The maximum Gasteiger partial charge on any atom is 0.322 e. The molecule has 1 N–H and O–H groups in total. The van der Waals surface area contributed by atoms with Crippen LogP contribution < -0.4 is 10.1 Å². The fourth-order valence-corrected chi connectivity index (χ4v) is 5.30. The number of thiophene rings is 1. The lowest BCUT2D eigenvalue weighted by Gasteiger charge is -2.40. The first-order valence-corrected chi connectivity index (χ1v) is 13.3. The molecule has 190 valence electrons. The molecule has 2 heterocycles. The maximum atomic E-state index is 13.7. The highest BCUT2D eigenvalue weighted by atomic mass is 35.5. The van der Waals surface area contributed by atoms with Gasteiger partial charge in [-0.2, -0.15) is 0 Å². The largest absolute Gasteiger partial charge is 0.491 e. The van der Waals surface area contributed by atoms with Crippen molar-refractivity contribution in [3.8, 4) is 5.75 Å². The molecule has 0 spiro atoms. The summed E-state index contributed by atoms with van der Waals surface area (Å²) in [5, 5.41) is 5.64. The molecule has 1 aromatic heterocycles. The first-order valence-electron chi connectivity index (χ1n) is 12.0. The Kier molecular flexibility index (Phi) is 7.91. The van der Waals surface area contributed by atoms with Crippen molar-refractivity contribution in [3.63, 3.8) is 0 Å². The Balaban J connectivity index is 1.51. The van der Waals surface area contributed by atoms with Gasteiger partial charge >= 0.3 is 6.03 Å². The summed E-state index contributed by atoms with van der Waals surface area (Å²) < 4.78 is 6.07. The lowest BCUT2D eigenvalue weighted by Crippen LogP contribution is -2.54. The van der Waals surface area contributed by atoms with E-state index in [1.807, 2.05) is 69.0 Å². The number of carbonyl (C=O) groups excluding carboxylic acids is 2. The van der Waals surface area contributed by atoms with E-state index >= 15 is 0 Å². The minimum atomic E-state index is -0.553. The average Bonchev–Trinajstić information content (AvgIpc) is 3.31. The number of ether oxygens (including phenoxy) is 1. The van der Waals surface area contributed by atoms with Gasteiger partial charge in [0.1, 0.15) is 18.9 Å². The summed E-state index contributed by atoms with van der Waals surface area (Å²) >= 11 is 7.71. The molecular formula is C28H32ClN3O3S. The fourth-order valence-electron chi connectivity index (χ4n) is 4.25. The van der Waals surface area contributed by atoms with Crippen molar-refractivity contribution in [2.45, 2.75) is 45.7 Å². The van der Waals surface area contributed by atoms with Gasteiger partial charge < -0.3 is 19.9 Å². The van der Waals surface area contributed by atoms with Gasteiger partial charge in [-0.15, -0.1) is 11.3 Å². The lowest BCUT2D eigenvalue weighted by atomic mass is 10.00. The van der Waals surface area contributed by atoms with E-state index in [9.17, 15) is 9.59 Å². The second kappa shape index (κ2) is 10.9. The number of hydrogen-bond acceptors (Lipinski definition) is 4. The maximum absolute atomic E-state index is 13.7. The summed E-state index contributed by atoms with van der Waals surface area (Å²) in [6.07, 6.45) is 0.793. The summed E-state index contributed by atoms with van der Waals surface area (Å²) in [5.41, 5.74) is 2.37. The Labute approximate surface area is 221 Å². The molecule has 4 rings (SSSR count). The second-order valence-corrected chi connectivity index (χ2v) is 11.4. The van der Waals surface area contributed by atoms with E-state index in [4.69, 9.17) is 16.3 Å². The fraction of sp³-hybridized carbons (Fsp3) is 0.357. The third kappa shape index (κ3) is 6.20. The molecule has 0 saturated heterocycles. The van der Waals surface area contributed by atoms with E-state index in [1.54, 1.807) is 28.4 Å². The summed E-state index contributed by atoms with van der Waals surface area (Å²) in [4.78, 5) is 31.7. The number of fused-ring (bicyclic) bond motifs is 1. The number of benzene rings is 2. The van der Waals surface area contributed by atoms with Gasteiger partial charge in [0.2, 0.25) is 5.91 Å². The molecule has 36 heavy (non-hydrogen) atoms. The van der Waals surface area contributed by atoms with Crippen LogP contribution in [0.15, 0.2) is 60.0 Å². The van der Waals surface area contributed by atoms with Crippen LogP contribution in [0.2, 0.25) is 5.02 Å². The first-order chi connectivity index (χ1) is 17.1. The van der Waals surface area contributed by atoms with Gasteiger partial charge in [0.15, 0.2) is 0 Å². The number of urea groups is 1. The van der Waals surface area contributed by atoms with E-state index < -0.39 is 5.54 Å². The number of nitrogens with zero attached hydrogens (tertiary/aromatic N) is 2. The van der Waals surface area contributed by atoms with Gasteiger partial charge in [-0.25, -0.2) is 4.79 Å². The zero-order valence-electron chi connectivity index (χ0n) is 21.1. The minimum Gasteiger partial charge on any atom is -0.491 e. The predicted molar refractivity (Wildman–Crippen MR) is 146 cm³/mol. The van der Waals surface area contributed by atoms with Crippen LogP contribution in [0.3, 0.4) is 0 Å². The van der Waals surface area contributed by atoms with Gasteiger partial charge in [0, 0.05) is 27.7 Å². The number of carbonyl (C=O) groups is 2. The molecule has 8 heteroatoms. The first kappa shape index (κ1) is 26.0. The van der Waals surface area contributed by atoms with E-state index in [1.165, 1.54) is 4.88 Å². The monoisotopic (exact) mass is 525 g/mol. The van der Waals surface area contributed by atoms with Crippen LogP contribution >= 0.6 is 22.9 Å². The van der Waals surface area contributed by atoms with Crippen LogP contribution in [0.25, 0.3) is 0 Å². The molecule has 1 aliphatic rings. The van der Waals surface area contributed by atoms with E-state index in [0.29, 0.717) is 29.6 Å². The lowest BCUT2D eigenvalue weighted by molar-refractivity contribution is -0.136. The van der Waals surface area contributed by atoms with Crippen LogP contribution in [0.1, 0.15) is 42.8 Å². The molecule has 0 unspecified atom stereocenters. The number of anilines is 1. The Bertz CT molecular complexity index is 1200. The average molecular weight is 526 g/mol. The molecule has 0 aliphatic carbocycles. The van der Waals surface area contributed by atoms with Gasteiger partial charge in [-0.3, -0.25) is 4.79 Å². The Morgan fingerprint density at radius 3 is 2.47 bits per heavy atom. The zero-order valence-corrected chi connectivity index (χ0v) is 22.7. The summed E-state index contributed by atoms with van der Waals surface area (Å²) in [5.74, 6) is 0.591. The highest BCUT2D eigenvalue weighted by Gasteiger charge is 2.36. The minimum absolute atomic E-state index is 0.0297. The molecule has 0 saturated carbocycles. The Hall–Kier alpha value is -3.03. The SMILES string of the molecule is Cc1ccc(NC(=O)N(CC(=O)N2CCc3sccc3[C@@H]2COc2ccc(Cl)cc2)C(C)(C)C)cc1. The zero-order chi connectivity index (χ0) is 25.9. The van der Waals surface area contributed by atoms with E-state index in [0.717, 1.165) is 17.5 Å². The molecule has 1 atom stereocenters. The highest BCUT2D eigenvalue weighted by molar-refractivity contribution is 7.10. The summed E-state index contributed by atoms with van der Waals surface area (Å²) in [7, 11) is 0. The van der Waals surface area contributed by atoms with Gasteiger partial charge in [-0.1, -0.05) is 29.3 Å². The number of aryl methyl sites for hydroxylation is 1. The van der Waals surface area contributed by atoms with Crippen LogP contribution in [0.5, 0.6) is 5.75 Å². The van der Waals surface area contributed by atoms with Gasteiger partial charge in [0.05, 0.1) is 6.04 Å². The molecule has 0 fully saturated rings. The van der Waals surface area contributed by atoms with Crippen LogP contribution in [0, 0.1) is 6.92 Å². The molecule has 6 nitrogen and oxygen atoms in total. The van der Waals surface area contributed by atoms with E-state index in [-0.39, 0.29) is 24.5 Å². The van der Waals surface area contributed by atoms with Crippen molar-refractivity contribution in [3.05, 3.63) is 81.0 Å². The van der Waals surface area contributed by atoms with Crippen LogP contribution in [-0.2, 0) is 11.2 Å². The third-order valence-corrected chi connectivity index (χ3v) is 7.54. The van der Waals surface area contributed by atoms with Crippen molar-refractivity contribution in [1.82, 2.24) is 9.80 Å². The van der Waals surface area contributed by atoms with Crippen molar-refractivity contribution in [2.24, 2.45) is 0 Å². The Morgan fingerprint density at radius 1 is 1.11 bits per heavy atom. The number of rotatable bonds is 6. The van der Waals surface area contributed by atoms with Crippen LogP contribution in [-0.4, -0.2) is 47.0 Å². The molecule has 0 radical (unpaired) electrons. The highest BCUT2D eigenvalue weighted by Crippen LogP contribution is 2.34. The van der Waals surface area contributed by atoms with Gasteiger partial charge in [-0.05, 0) is 87.5 Å². The Morgan fingerprint density at radius 2 is 1.81 bits per heavy atom. The third-order valence-electron chi connectivity index (χ3n) is 6.29. The van der Waals surface area contributed by atoms with Crippen molar-refractivity contribution >= 4 is 40.6 Å². The normalized spacial score (nSPS) is 15.2. The molecule has 3 aromatic rings. The smallest absolute Gasteiger partial charge is 0.322 e. The number of amides is 3. The summed E-state index contributed by atoms with van der Waals surface area (Å²) in [6.45, 7) is 8.67. The summed E-state index contributed by atoms with van der Waals surface area (Å²) in [6, 6.07) is 16.4. The number of hydrogen-bond donors (Lipinski definition) is 1. The molecule has 3 amide bonds. The second-order valence-electron chi connectivity index (χ2n) is 9.97. The van der Waals surface area contributed by atoms with Crippen LogP contribution in [0.4, 0.5) is 10.5 Å². The van der Waals surface area contributed by atoms with Gasteiger partial charge in [0.25, 0.3) is 0 Å².